The van der Waals surface area contributed by atoms with Crippen molar-refractivity contribution >= 4 is 51.8 Å². The zero-order valence-corrected chi connectivity index (χ0v) is 21.9. The van der Waals surface area contributed by atoms with Gasteiger partial charge in [-0.25, -0.2) is 0 Å². The Balaban J connectivity index is 1.82. The molecule has 1 aliphatic heterocycles. The average molecular weight is 516 g/mol. The first-order valence-electron chi connectivity index (χ1n) is 11.6. The molecule has 35 heavy (non-hydrogen) atoms. The van der Waals surface area contributed by atoms with Gasteiger partial charge in [0.2, 0.25) is 11.8 Å². The lowest BCUT2D eigenvalue weighted by Gasteiger charge is -2.31. The van der Waals surface area contributed by atoms with Gasteiger partial charge in [0.05, 0.1) is 29.7 Å². The maximum absolute atomic E-state index is 13.8. The number of ether oxygens (including phenoxy) is 2. The summed E-state index contributed by atoms with van der Waals surface area (Å²) in [6.45, 7) is 4.93. The third kappa shape index (κ3) is 5.15. The van der Waals surface area contributed by atoms with Crippen LogP contribution in [0.5, 0.6) is 5.75 Å². The van der Waals surface area contributed by atoms with Crippen LogP contribution in [0.2, 0.25) is 5.02 Å². The van der Waals surface area contributed by atoms with Crippen LogP contribution < -0.4 is 15.0 Å². The number of carbonyl (C=O) groups excluding carboxylic acids is 2. The van der Waals surface area contributed by atoms with Gasteiger partial charge in [-0.1, -0.05) is 41.6 Å². The van der Waals surface area contributed by atoms with E-state index >= 15 is 0 Å². The molecule has 1 aliphatic rings. The van der Waals surface area contributed by atoms with Gasteiger partial charge in [0.1, 0.15) is 11.8 Å². The van der Waals surface area contributed by atoms with Gasteiger partial charge in [-0.05, 0) is 44.5 Å². The molecule has 9 heteroatoms. The van der Waals surface area contributed by atoms with Crippen molar-refractivity contribution in [2.24, 2.45) is 7.05 Å². The molecule has 2 amide bonds. The van der Waals surface area contributed by atoms with Crippen LogP contribution in [-0.2, 0) is 21.4 Å². The number of benzene rings is 2. The van der Waals surface area contributed by atoms with Gasteiger partial charge < -0.3 is 19.4 Å². The van der Waals surface area contributed by atoms with E-state index in [9.17, 15) is 9.59 Å². The van der Waals surface area contributed by atoms with E-state index in [-0.39, 0.29) is 23.7 Å². The summed E-state index contributed by atoms with van der Waals surface area (Å²) in [5, 5.41) is 5.32. The first kappa shape index (κ1) is 25.4. The fourth-order valence-corrected chi connectivity index (χ4v) is 5.62. The number of fused-ring (bicyclic) bond motifs is 3. The number of para-hydroxylation sites is 1. The molecule has 7 nitrogen and oxygen atoms in total. The Labute approximate surface area is 214 Å². The highest BCUT2D eigenvalue weighted by Crippen LogP contribution is 2.45. The molecule has 4 rings (SSSR count). The zero-order valence-electron chi connectivity index (χ0n) is 20.3. The third-order valence-electron chi connectivity index (χ3n) is 5.94. The van der Waals surface area contributed by atoms with Crippen LogP contribution in [0.4, 0.5) is 5.69 Å². The highest BCUT2D eigenvalue weighted by atomic mass is 35.5. The molecule has 1 N–H and O–H groups in total. The summed E-state index contributed by atoms with van der Waals surface area (Å²) in [7, 11) is 3.50. The summed E-state index contributed by atoms with van der Waals surface area (Å²) in [6, 6.07) is 12.1. The summed E-state index contributed by atoms with van der Waals surface area (Å²) in [5.41, 5.74) is 2.27. The lowest BCUT2D eigenvalue weighted by atomic mass is 10.0. The Hall–Kier alpha value is -2.68. The summed E-state index contributed by atoms with van der Waals surface area (Å²) in [4.78, 5) is 28.9. The predicted octanol–water partition coefficient (Wildman–Crippen LogP) is 4.95. The smallest absolute Gasteiger partial charge is 0.247 e. The second kappa shape index (κ2) is 10.9. The molecule has 0 spiro atoms. The summed E-state index contributed by atoms with van der Waals surface area (Å²) in [6.07, 6.45) is 0.800. The number of methoxy groups -OCH3 is 1. The van der Waals surface area contributed by atoms with Crippen LogP contribution in [0.25, 0.3) is 10.9 Å². The number of aryl methyl sites for hydroxylation is 1. The van der Waals surface area contributed by atoms with Gasteiger partial charge in [0, 0.05) is 41.7 Å². The Morgan fingerprint density at radius 2 is 2.03 bits per heavy atom. The minimum absolute atomic E-state index is 0.131. The van der Waals surface area contributed by atoms with Gasteiger partial charge in [0.15, 0.2) is 0 Å². The van der Waals surface area contributed by atoms with Crippen LogP contribution in [0, 0.1) is 0 Å². The SMILES string of the molecule is COc1ccc(Cl)cc1N1C(=O)CSc2c(c3ccccc3n2C)[C@H]1C(=O)NCCCOC(C)C. The van der Waals surface area contributed by atoms with Crippen LogP contribution in [0.15, 0.2) is 47.5 Å². The number of nitrogens with zero attached hydrogens (tertiary/aromatic N) is 2. The Bertz CT molecular complexity index is 1240. The van der Waals surface area contributed by atoms with Gasteiger partial charge in [0.25, 0.3) is 0 Å². The normalized spacial score (nSPS) is 15.9. The molecule has 0 unspecified atom stereocenters. The van der Waals surface area contributed by atoms with E-state index in [1.54, 1.807) is 18.2 Å². The molecule has 0 aliphatic carbocycles. The lowest BCUT2D eigenvalue weighted by molar-refractivity contribution is -0.125. The van der Waals surface area contributed by atoms with Crippen molar-refractivity contribution in [1.29, 1.82) is 0 Å². The third-order valence-corrected chi connectivity index (χ3v) is 7.34. The minimum atomic E-state index is -0.892. The lowest BCUT2D eigenvalue weighted by Crippen LogP contribution is -2.44. The molecular weight excluding hydrogens is 486 g/mol. The predicted molar refractivity (Wildman–Crippen MR) is 141 cm³/mol. The maximum atomic E-state index is 13.8. The van der Waals surface area contributed by atoms with Crippen molar-refractivity contribution in [1.82, 2.24) is 9.88 Å². The molecule has 0 saturated heterocycles. The Kier molecular flexibility index (Phi) is 7.94. The van der Waals surface area contributed by atoms with Crippen molar-refractivity contribution in [3.05, 3.63) is 53.1 Å². The number of thioether (sulfide) groups is 1. The first-order chi connectivity index (χ1) is 16.8. The Morgan fingerprint density at radius 1 is 1.26 bits per heavy atom. The van der Waals surface area contributed by atoms with Crippen LogP contribution in [0.3, 0.4) is 0 Å². The number of hydrogen-bond donors (Lipinski definition) is 1. The number of nitrogens with one attached hydrogen (secondary N) is 1. The molecule has 2 aromatic carbocycles. The van der Waals surface area contributed by atoms with Crippen LogP contribution >= 0.6 is 23.4 Å². The second-order valence-corrected chi connectivity index (χ2v) is 10.0. The van der Waals surface area contributed by atoms with E-state index in [0.717, 1.165) is 21.5 Å². The minimum Gasteiger partial charge on any atom is -0.495 e. The molecule has 0 radical (unpaired) electrons. The number of anilines is 1. The highest BCUT2D eigenvalue weighted by molar-refractivity contribution is 8.00. The van der Waals surface area contributed by atoms with E-state index in [1.165, 1.54) is 23.8 Å². The second-order valence-electron chi connectivity index (χ2n) is 8.63. The average Bonchev–Trinajstić information content (AvgIpc) is 3.01. The molecule has 0 bridgehead atoms. The molecule has 3 aromatic rings. The van der Waals surface area contributed by atoms with Gasteiger partial charge >= 0.3 is 0 Å². The molecular formula is C26H30ClN3O4S. The van der Waals surface area contributed by atoms with Crippen molar-refractivity contribution in [2.75, 3.05) is 30.9 Å². The van der Waals surface area contributed by atoms with E-state index in [4.69, 9.17) is 21.1 Å². The van der Waals surface area contributed by atoms with E-state index in [2.05, 4.69) is 9.88 Å². The number of amides is 2. The quantitative estimate of drug-likeness (QED) is 0.430. The summed E-state index contributed by atoms with van der Waals surface area (Å²) < 4.78 is 13.2. The maximum Gasteiger partial charge on any atom is 0.247 e. The van der Waals surface area contributed by atoms with Gasteiger partial charge in [-0.3, -0.25) is 14.5 Å². The fourth-order valence-electron chi connectivity index (χ4n) is 4.38. The topological polar surface area (TPSA) is 72.8 Å². The molecule has 186 valence electrons. The number of carbonyl (C=O) groups is 2. The van der Waals surface area contributed by atoms with E-state index < -0.39 is 6.04 Å². The van der Waals surface area contributed by atoms with Crippen LogP contribution in [-0.4, -0.2) is 48.5 Å². The molecule has 1 aromatic heterocycles. The molecule has 0 fully saturated rings. The monoisotopic (exact) mass is 515 g/mol. The number of hydrogen-bond acceptors (Lipinski definition) is 5. The van der Waals surface area contributed by atoms with Crippen LogP contribution in [0.1, 0.15) is 31.9 Å². The van der Waals surface area contributed by atoms with Crippen molar-refractivity contribution in [3.63, 3.8) is 0 Å². The number of rotatable bonds is 8. The first-order valence-corrected chi connectivity index (χ1v) is 12.9. The fraction of sp³-hybridized carbons (Fsp3) is 0.385. The molecule has 1 atom stereocenters. The number of aromatic nitrogens is 1. The Morgan fingerprint density at radius 3 is 2.77 bits per heavy atom. The zero-order chi connectivity index (χ0) is 25.1. The van der Waals surface area contributed by atoms with Crippen molar-refractivity contribution in [3.8, 4) is 5.75 Å². The van der Waals surface area contributed by atoms with E-state index in [0.29, 0.717) is 36.0 Å². The summed E-state index contributed by atoms with van der Waals surface area (Å²) >= 11 is 7.78. The summed E-state index contributed by atoms with van der Waals surface area (Å²) in [5.74, 6) is 0.197. The van der Waals surface area contributed by atoms with Gasteiger partial charge in [-0.2, -0.15) is 0 Å². The number of halogens is 1. The van der Waals surface area contributed by atoms with E-state index in [1.807, 2.05) is 45.2 Å². The largest absolute Gasteiger partial charge is 0.495 e. The molecule has 0 saturated carbocycles. The van der Waals surface area contributed by atoms with Crippen molar-refractivity contribution in [2.45, 2.75) is 37.4 Å². The van der Waals surface area contributed by atoms with Crippen molar-refractivity contribution < 1.29 is 19.1 Å². The highest BCUT2D eigenvalue weighted by Gasteiger charge is 2.40. The molecule has 2 heterocycles. The van der Waals surface area contributed by atoms with Gasteiger partial charge in [-0.15, -0.1) is 0 Å². The standard InChI is InChI=1S/C26H30ClN3O4S/c1-16(2)34-13-7-12-28-25(32)24-23-18-8-5-6-9-19(18)29(3)26(23)35-15-22(31)30(24)20-14-17(27)10-11-21(20)33-4/h5-6,8-11,14,16,24H,7,12-13,15H2,1-4H3,(H,28,32)/t24-/m0/s1.